The summed E-state index contributed by atoms with van der Waals surface area (Å²) in [5.74, 6) is -1.09. The largest absolute Gasteiger partial charge is 0.226 e. The van der Waals surface area contributed by atoms with Gasteiger partial charge in [-0.1, -0.05) is 90.6 Å². The van der Waals surface area contributed by atoms with Gasteiger partial charge in [-0.15, -0.1) is 0 Å². The molecule has 29 heavy (non-hydrogen) atoms. The third kappa shape index (κ3) is 3.48. The lowest BCUT2D eigenvalue weighted by atomic mass is 9.98. The summed E-state index contributed by atoms with van der Waals surface area (Å²) in [6.45, 7) is 0. The van der Waals surface area contributed by atoms with Crippen molar-refractivity contribution in [1.29, 1.82) is 0 Å². The van der Waals surface area contributed by atoms with Crippen LogP contribution < -0.4 is 0 Å². The standard InChI is InChI=1S/C25H16ClN3/c26-25-28-23(19-10-5-2-6-11-19)27-24(29-25)21-13-7-12-18-14-15-20(16-22(18)21)17-8-3-1-4-9-17/h1-16H/i1D,2D,3D,4D,5D,6D,7D,8D,9D,10D,11D,12D,13D,14D,15D,16D. The second-order valence-electron chi connectivity index (χ2n) is 5.50. The van der Waals surface area contributed by atoms with E-state index in [1.165, 1.54) is 0 Å². The van der Waals surface area contributed by atoms with Crippen molar-refractivity contribution in [2.75, 3.05) is 0 Å². The van der Waals surface area contributed by atoms with E-state index in [-0.39, 0.29) is 0 Å². The molecule has 138 valence electrons. The quantitative estimate of drug-likeness (QED) is 0.333. The number of halogens is 1. The van der Waals surface area contributed by atoms with Crippen LogP contribution in [0.15, 0.2) is 96.7 Å². The van der Waals surface area contributed by atoms with E-state index in [0.717, 1.165) is 0 Å². The molecule has 0 radical (unpaired) electrons. The third-order valence-corrected chi connectivity index (χ3v) is 3.91. The van der Waals surface area contributed by atoms with Crippen LogP contribution in [0.4, 0.5) is 0 Å². The maximum absolute atomic E-state index is 9.07. The molecule has 0 fully saturated rings. The van der Waals surface area contributed by atoms with E-state index >= 15 is 0 Å². The van der Waals surface area contributed by atoms with Crippen LogP contribution in [0, 0.1) is 0 Å². The Morgan fingerprint density at radius 3 is 2.03 bits per heavy atom. The molecule has 5 aromatic rings. The van der Waals surface area contributed by atoms with Gasteiger partial charge in [0.05, 0.1) is 21.9 Å². The maximum Gasteiger partial charge on any atom is 0.226 e. The lowest BCUT2D eigenvalue weighted by Gasteiger charge is -2.10. The minimum atomic E-state index is -0.781. The van der Waals surface area contributed by atoms with E-state index in [9.17, 15) is 0 Å². The van der Waals surface area contributed by atoms with E-state index in [0.29, 0.717) is 0 Å². The van der Waals surface area contributed by atoms with Crippen molar-refractivity contribution in [1.82, 2.24) is 15.0 Å². The number of fused-ring (bicyclic) bond motifs is 1. The molecule has 0 saturated heterocycles. The van der Waals surface area contributed by atoms with Crippen molar-refractivity contribution in [3.8, 4) is 33.9 Å². The summed E-state index contributed by atoms with van der Waals surface area (Å²) in [7, 11) is 0. The first-order valence-electron chi connectivity index (χ1n) is 16.0. The molecule has 0 aliphatic heterocycles. The van der Waals surface area contributed by atoms with Gasteiger partial charge in [0.25, 0.3) is 0 Å². The Kier molecular flexibility index (Phi) is 1.89. The Balaban J connectivity index is 1.99. The molecule has 3 nitrogen and oxygen atoms in total. The first-order valence-corrected chi connectivity index (χ1v) is 8.41. The van der Waals surface area contributed by atoms with Gasteiger partial charge in [0, 0.05) is 11.1 Å². The molecule has 4 aromatic carbocycles. The van der Waals surface area contributed by atoms with Gasteiger partial charge < -0.3 is 0 Å². The summed E-state index contributed by atoms with van der Waals surface area (Å²) in [5, 5.41) is -1.52. The highest BCUT2D eigenvalue weighted by atomic mass is 35.5. The summed E-state index contributed by atoms with van der Waals surface area (Å²) in [6.07, 6.45) is 0. The van der Waals surface area contributed by atoms with Gasteiger partial charge >= 0.3 is 0 Å². The molecule has 4 heteroatoms. The van der Waals surface area contributed by atoms with E-state index in [1.807, 2.05) is 0 Å². The van der Waals surface area contributed by atoms with Crippen molar-refractivity contribution < 1.29 is 21.9 Å². The monoisotopic (exact) mass is 409 g/mol. The minimum absolute atomic E-state index is 0.460. The second-order valence-corrected chi connectivity index (χ2v) is 5.84. The average Bonchev–Trinajstić information content (AvgIpc) is 2.99. The van der Waals surface area contributed by atoms with Crippen LogP contribution in [0.1, 0.15) is 21.9 Å². The number of rotatable bonds is 3. The Bertz CT molecular complexity index is 2100. The number of benzene rings is 4. The van der Waals surface area contributed by atoms with Crippen molar-refractivity contribution in [2.24, 2.45) is 0 Å². The Morgan fingerprint density at radius 2 is 1.28 bits per heavy atom. The van der Waals surface area contributed by atoms with Crippen molar-refractivity contribution >= 4 is 22.4 Å². The predicted molar refractivity (Wildman–Crippen MR) is 119 cm³/mol. The lowest BCUT2D eigenvalue weighted by molar-refractivity contribution is 1.07. The lowest BCUT2D eigenvalue weighted by Crippen LogP contribution is -1.97. The average molecular weight is 410 g/mol. The van der Waals surface area contributed by atoms with E-state index in [4.69, 9.17) is 33.5 Å². The van der Waals surface area contributed by atoms with Gasteiger partial charge in [-0.2, -0.15) is 9.97 Å². The molecule has 0 unspecified atom stereocenters. The number of hydrogen-bond donors (Lipinski definition) is 0. The fourth-order valence-corrected chi connectivity index (χ4v) is 2.67. The molecule has 5 rings (SSSR count). The third-order valence-electron chi connectivity index (χ3n) is 3.74. The van der Waals surface area contributed by atoms with Gasteiger partial charge in [-0.05, 0) is 39.5 Å². The van der Waals surface area contributed by atoms with Gasteiger partial charge in [0.2, 0.25) is 5.28 Å². The fourth-order valence-electron chi connectivity index (χ4n) is 2.51. The molecule has 0 atom stereocenters. The highest BCUT2D eigenvalue weighted by molar-refractivity contribution is 6.28. The van der Waals surface area contributed by atoms with Gasteiger partial charge in [0.1, 0.15) is 0 Å². The molecule has 0 aliphatic carbocycles. The fraction of sp³-hybridized carbons (Fsp3) is 0. The minimum Gasteiger partial charge on any atom is -0.208 e. The molecule has 0 N–H and O–H groups in total. The van der Waals surface area contributed by atoms with Crippen LogP contribution in [0.3, 0.4) is 0 Å². The summed E-state index contributed by atoms with van der Waals surface area (Å²) in [6, 6.07) is -11.8. The van der Waals surface area contributed by atoms with Crippen molar-refractivity contribution in [3.05, 3.63) is 102 Å². The Morgan fingerprint density at radius 1 is 0.586 bits per heavy atom. The summed E-state index contributed by atoms with van der Waals surface area (Å²) in [5.41, 5.74) is -2.14. The van der Waals surface area contributed by atoms with Crippen LogP contribution in [0.25, 0.3) is 44.7 Å². The zero-order chi connectivity index (χ0) is 33.6. The normalized spacial score (nSPS) is 18.7. The van der Waals surface area contributed by atoms with Gasteiger partial charge in [0.15, 0.2) is 11.6 Å². The highest BCUT2D eigenvalue weighted by Gasteiger charge is 2.12. The molecule has 1 heterocycles. The van der Waals surface area contributed by atoms with Crippen molar-refractivity contribution in [2.45, 2.75) is 0 Å². The molecule has 0 aliphatic rings. The summed E-state index contributed by atoms with van der Waals surface area (Å²) in [4.78, 5) is 12.0. The second kappa shape index (κ2) is 7.46. The van der Waals surface area contributed by atoms with Crippen LogP contribution in [0.2, 0.25) is 5.28 Å². The Hall–Kier alpha value is -3.56. The van der Waals surface area contributed by atoms with E-state index in [2.05, 4.69) is 15.0 Å². The molecule has 0 spiro atoms. The first-order chi connectivity index (χ1) is 20.9. The van der Waals surface area contributed by atoms with Crippen LogP contribution in [-0.4, -0.2) is 15.0 Å². The zero-order valence-electron chi connectivity index (χ0n) is 30.2. The number of aromatic nitrogens is 3. The predicted octanol–water partition coefficient (Wildman–Crippen LogP) is 6.68. The molecule has 1 aromatic heterocycles. The molecular formula is C25H16ClN3. The molecule has 0 amide bonds. The van der Waals surface area contributed by atoms with Crippen LogP contribution >= 0.6 is 11.6 Å². The summed E-state index contributed by atoms with van der Waals surface area (Å²) >= 11 is 6.17. The summed E-state index contributed by atoms with van der Waals surface area (Å²) < 4.78 is 133. The van der Waals surface area contributed by atoms with E-state index < -0.39 is 147 Å². The molecule has 0 bridgehead atoms. The SMILES string of the molecule is [2H]c1c([2H])c([2H])c(-c2nc(Cl)nc(-c3c([2H])c([2H])c([2H])c4c([2H])c([2H])c(-c5c([2H])c([2H])c([2H])c([2H])c5[2H])c([2H])c34)n2)c([2H])c1[2H]. The first kappa shape index (κ1) is 7.36. The Labute approximate surface area is 196 Å². The van der Waals surface area contributed by atoms with E-state index in [1.54, 1.807) is 0 Å². The maximum atomic E-state index is 9.07. The van der Waals surface area contributed by atoms with Gasteiger partial charge in [-0.25, -0.2) is 4.98 Å². The topological polar surface area (TPSA) is 38.7 Å². The zero-order valence-corrected chi connectivity index (χ0v) is 15.0. The van der Waals surface area contributed by atoms with Gasteiger partial charge in [-0.3, -0.25) is 0 Å². The number of nitrogens with zero attached hydrogens (tertiary/aromatic N) is 3. The van der Waals surface area contributed by atoms with Crippen molar-refractivity contribution in [3.63, 3.8) is 0 Å². The van der Waals surface area contributed by atoms with Crippen LogP contribution in [-0.2, 0) is 0 Å². The van der Waals surface area contributed by atoms with Crippen LogP contribution in [0.5, 0.6) is 0 Å². The highest BCUT2D eigenvalue weighted by Crippen LogP contribution is 2.31. The molecule has 0 saturated carbocycles. The molecular weight excluding hydrogens is 378 g/mol. The number of hydrogen-bond acceptors (Lipinski definition) is 3. The smallest absolute Gasteiger partial charge is 0.208 e.